The standard InChI is InChI=1S/C14H18N2O3.ClH/c1-9(17)11-4-2-3-5-12(11)14(19)16-7-10-6-15-8-13(10)18;/h2-5,10,13,15,18H,6-8H2,1H3,(H,16,19);1H. The molecule has 0 aliphatic carbocycles. The van der Waals surface area contributed by atoms with E-state index in [9.17, 15) is 14.7 Å². The summed E-state index contributed by atoms with van der Waals surface area (Å²) >= 11 is 0. The highest BCUT2D eigenvalue weighted by Crippen LogP contribution is 2.11. The molecule has 1 fully saturated rings. The van der Waals surface area contributed by atoms with Gasteiger partial charge in [0.25, 0.3) is 5.91 Å². The second kappa shape index (κ2) is 7.38. The van der Waals surface area contributed by atoms with E-state index >= 15 is 0 Å². The Hall–Kier alpha value is -1.43. The van der Waals surface area contributed by atoms with Gasteiger partial charge in [0.1, 0.15) is 0 Å². The van der Waals surface area contributed by atoms with E-state index in [1.807, 2.05) is 0 Å². The van der Waals surface area contributed by atoms with Crippen LogP contribution in [0.5, 0.6) is 0 Å². The fourth-order valence-corrected chi connectivity index (χ4v) is 2.23. The zero-order valence-corrected chi connectivity index (χ0v) is 12.1. The molecular weight excluding hydrogens is 280 g/mol. The summed E-state index contributed by atoms with van der Waals surface area (Å²) in [6.07, 6.45) is -0.427. The highest BCUT2D eigenvalue weighted by Gasteiger charge is 2.25. The van der Waals surface area contributed by atoms with E-state index < -0.39 is 6.10 Å². The zero-order chi connectivity index (χ0) is 13.8. The van der Waals surface area contributed by atoms with Gasteiger partial charge in [-0.15, -0.1) is 12.4 Å². The highest BCUT2D eigenvalue weighted by atomic mass is 35.5. The van der Waals surface area contributed by atoms with Crippen LogP contribution in [0.2, 0.25) is 0 Å². The molecule has 0 aromatic heterocycles. The summed E-state index contributed by atoms with van der Waals surface area (Å²) in [6, 6.07) is 6.74. The van der Waals surface area contributed by atoms with Crippen molar-refractivity contribution in [2.75, 3.05) is 19.6 Å². The number of β-amino-alcohol motifs (C(OH)–C–C–N with tert-alkyl or cyclic N) is 1. The Balaban J connectivity index is 0.00000200. The van der Waals surface area contributed by atoms with E-state index in [0.717, 1.165) is 0 Å². The molecule has 0 spiro atoms. The average Bonchev–Trinajstić information content (AvgIpc) is 2.81. The molecule has 1 aliphatic heterocycles. The lowest BCUT2D eigenvalue weighted by Gasteiger charge is -2.14. The van der Waals surface area contributed by atoms with Crippen molar-refractivity contribution in [2.24, 2.45) is 5.92 Å². The third-order valence-electron chi connectivity index (χ3n) is 3.38. The first kappa shape index (κ1) is 16.6. The fourth-order valence-electron chi connectivity index (χ4n) is 2.23. The molecule has 2 unspecified atom stereocenters. The van der Waals surface area contributed by atoms with E-state index in [0.29, 0.717) is 30.8 Å². The van der Waals surface area contributed by atoms with Gasteiger partial charge in [-0.2, -0.15) is 0 Å². The summed E-state index contributed by atoms with van der Waals surface area (Å²) in [5.41, 5.74) is 0.806. The van der Waals surface area contributed by atoms with Crippen molar-refractivity contribution in [3.63, 3.8) is 0 Å². The number of aliphatic hydroxyl groups excluding tert-OH is 1. The van der Waals surface area contributed by atoms with E-state index in [4.69, 9.17) is 0 Å². The number of ketones is 1. The summed E-state index contributed by atoms with van der Waals surface area (Å²) in [6.45, 7) is 3.09. The van der Waals surface area contributed by atoms with Crippen LogP contribution < -0.4 is 10.6 Å². The highest BCUT2D eigenvalue weighted by molar-refractivity contribution is 6.07. The molecule has 1 heterocycles. The van der Waals surface area contributed by atoms with Crippen molar-refractivity contribution in [1.82, 2.24) is 10.6 Å². The predicted molar refractivity (Wildman–Crippen MR) is 78.4 cm³/mol. The lowest BCUT2D eigenvalue weighted by atomic mass is 10.0. The minimum absolute atomic E-state index is 0. The first-order chi connectivity index (χ1) is 9.09. The zero-order valence-electron chi connectivity index (χ0n) is 11.3. The third kappa shape index (κ3) is 3.79. The molecule has 1 amide bonds. The fraction of sp³-hybridized carbons (Fsp3) is 0.429. The van der Waals surface area contributed by atoms with Crippen LogP contribution in [0.25, 0.3) is 0 Å². The maximum Gasteiger partial charge on any atom is 0.252 e. The molecule has 0 radical (unpaired) electrons. The molecule has 110 valence electrons. The molecular formula is C14H19ClN2O3. The Bertz CT molecular complexity index is 493. The van der Waals surface area contributed by atoms with Gasteiger partial charge in [0.15, 0.2) is 5.78 Å². The molecule has 0 saturated carbocycles. The van der Waals surface area contributed by atoms with Crippen molar-refractivity contribution >= 4 is 24.1 Å². The number of Topliss-reactive ketones (excluding diaryl/α,β-unsaturated/α-hetero) is 1. The van der Waals surface area contributed by atoms with Gasteiger partial charge in [-0.1, -0.05) is 18.2 Å². The maximum absolute atomic E-state index is 12.1. The van der Waals surface area contributed by atoms with Crippen molar-refractivity contribution in [2.45, 2.75) is 13.0 Å². The number of benzene rings is 1. The van der Waals surface area contributed by atoms with E-state index in [1.54, 1.807) is 24.3 Å². The lowest BCUT2D eigenvalue weighted by molar-refractivity contribution is 0.0915. The van der Waals surface area contributed by atoms with E-state index in [2.05, 4.69) is 10.6 Å². The van der Waals surface area contributed by atoms with Crippen LogP contribution in [-0.4, -0.2) is 42.5 Å². The number of halogens is 1. The normalized spacial score (nSPS) is 21.1. The number of rotatable bonds is 4. The van der Waals surface area contributed by atoms with Gasteiger partial charge >= 0.3 is 0 Å². The van der Waals surface area contributed by atoms with Crippen LogP contribution in [0.15, 0.2) is 24.3 Å². The summed E-state index contributed by atoms with van der Waals surface area (Å²) in [4.78, 5) is 23.5. The van der Waals surface area contributed by atoms with Crippen LogP contribution in [-0.2, 0) is 0 Å². The molecule has 1 aromatic rings. The van der Waals surface area contributed by atoms with Crippen molar-refractivity contribution < 1.29 is 14.7 Å². The second-order valence-corrected chi connectivity index (χ2v) is 4.80. The number of aliphatic hydroxyl groups is 1. The van der Waals surface area contributed by atoms with E-state index in [-0.39, 0.29) is 30.0 Å². The minimum atomic E-state index is -0.427. The summed E-state index contributed by atoms with van der Waals surface area (Å²) in [7, 11) is 0. The molecule has 6 heteroatoms. The largest absolute Gasteiger partial charge is 0.391 e. The van der Waals surface area contributed by atoms with Crippen LogP contribution in [0.1, 0.15) is 27.6 Å². The summed E-state index contributed by atoms with van der Waals surface area (Å²) in [5.74, 6) is -0.383. The smallest absolute Gasteiger partial charge is 0.252 e. The molecule has 1 aliphatic rings. The molecule has 20 heavy (non-hydrogen) atoms. The van der Waals surface area contributed by atoms with E-state index in [1.165, 1.54) is 6.92 Å². The summed E-state index contributed by atoms with van der Waals surface area (Å²) < 4.78 is 0. The average molecular weight is 299 g/mol. The number of nitrogens with one attached hydrogen (secondary N) is 2. The van der Waals surface area contributed by atoms with Crippen molar-refractivity contribution in [1.29, 1.82) is 0 Å². The molecule has 5 nitrogen and oxygen atoms in total. The number of hydrogen-bond donors (Lipinski definition) is 3. The number of hydrogen-bond acceptors (Lipinski definition) is 4. The van der Waals surface area contributed by atoms with Gasteiger partial charge in [0, 0.05) is 31.1 Å². The molecule has 1 aromatic carbocycles. The predicted octanol–water partition coefficient (Wildman–Crippen LogP) is 0.621. The van der Waals surface area contributed by atoms with Crippen LogP contribution >= 0.6 is 12.4 Å². The lowest BCUT2D eigenvalue weighted by Crippen LogP contribution is -2.34. The Labute approximate surface area is 124 Å². The van der Waals surface area contributed by atoms with Crippen LogP contribution in [0, 0.1) is 5.92 Å². The Morgan fingerprint density at radius 3 is 2.50 bits per heavy atom. The number of carbonyl (C=O) groups is 2. The molecule has 2 rings (SSSR count). The number of amides is 1. The van der Waals surface area contributed by atoms with Crippen LogP contribution in [0.4, 0.5) is 0 Å². The quantitative estimate of drug-likeness (QED) is 0.712. The molecule has 2 atom stereocenters. The van der Waals surface area contributed by atoms with Gasteiger partial charge in [0.05, 0.1) is 11.7 Å². The van der Waals surface area contributed by atoms with Gasteiger partial charge in [-0.25, -0.2) is 0 Å². The topological polar surface area (TPSA) is 78.4 Å². The van der Waals surface area contributed by atoms with Crippen LogP contribution in [0.3, 0.4) is 0 Å². The second-order valence-electron chi connectivity index (χ2n) is 4.80. The first-order valence-electron chi connectivity index (χ1n) is 6.36. The minimum Gasteiger partial charge on any atom is -0.391 e. The van der Waals surface area contributed by atoms with Crippen molar-refractivity contribution in [3.8, 4) is 0 Å². The van der Waals surface area contributed by atoms with Crippen molar-refractivity contribution in [3.05, 3.63) is 35.4 Å². The van der Waals surface area contributed by atoms with Gasteiger partial charge in [0.2, 0.25) is 0 Å². The molecule has 0 bridgehead atoms. The Morgan fingerprint density at radius 2 is 1.95 bits per heavy atom. The van der Waals surface area contributed by atoms with Gasteiger partial charge < -0.3 is 15.7 Å². The third-order valence-corrected chi connectivity index (χ3v) is 3.38. The molecule has 3 N–H and O–H groups in total. The first-order valence-corrected chi connectivity index (χ1v) is 6.36. The molecule has 1 saturated heterocycles. The summed E-state index contributed by atoms with van der Waals surface area (Å²) in [5, 5.41) is 15.5. The van der Waals surface area contributed by atoms with Gasteiger partial charge in [-0.3, -0.25) is 9.59 Å². The maximum atomic E-state index is 12.1. The Kier molecular flexibility index (Phi) is 6.13. The SMILES string of the molecule is CC(=O)c1ccccc1C(=O)NCC1CNCC1O.Cl. The number of carbonyl (C=O) groups excluding carboxylic acids is 2. The Morgan fingerprint density at radius 1 is 1.30 bits per heavy atom. The monoisotopic (exact) mass is 298 g/mol. The van der Waals surface area contributed by atoms with Gasteiger partial charge in [-0.05, 0) is 13.0 Å².